The molecule has 2 unspecified atom stereocenters. The van der Waals surface area contributed by atoms with Crippen molar-refractivity contribution in [3.63, 3.8) is 0 Å². The minimum atomic E-state index is -0.362. The van der Waals surface area contributed by atoms with E-state index in [0.717, 1.165) is 12.0 Å². The standard InChI is InChI=1S/C23H21ClFN5O/c24-15-4-1-3-14(11-15)18-12-19(18)23(31)28-10-2-5-21-20(13-26)22(27)30(29-21)17-8-6-16(25)7-9-17/h1,3-4,6-9,11,18-19H,2,5,10,12,27H2,(H,28,31). The molecule has 1 amide bonds. The summed E-state index contributed by atoms with van der Waals surface area (Å²) < 4.78 is 14.6. The van der Waals surface area contributed by atoms with Crippen LogP contribution in [0.15, 0.2) is 48.5 Å². The summed E-state index contributed by atoms with van der Waals surface area (Å²) >= 11 is 6.03. The Balaban J connectivity index is 1.32. The van der Waals surface area contributed by atoms with Crippen LogP contribution in [0.1, 0.15) is 35.6 Å². The third-order valence-corrected chi connectivity index (χ3v) is 5.71. The summed E-state index contributed by atoms with van der Waals surface area (Å²) in [4.78, 5) is 12.4. The van der Waals surface area contributed by atoms with Crippen molar-refractivity contribution in [1.82, 2.24) is 15.1 Å². The van der Waals surface area contributed by atoms with Crippen molar-refractivity contribution in [2.24, 2.45) is 5.92 Å². The zero-order chi connectivity index (χ0) is 22.0. The molecular weight excluding hydrogens is 417 g/mol. The number of nitrogens with one attached hydrogen (secondary N) is 1. The lowest BCUT2D eigenvalue weighted by molar-refractivity contribution is -0.122. The Hall–Kier alpha value is -3.37. The number of benzene rings is 2. The molecule has 0 aliphatic heterocycles. The largest absolute Gasteiger partial charge is 0.382 e. The van der Waals surface area contributed by atoms with Crippen LogP contribution in [0.25, 0.3) is 5.69 Å². The number of nitriles is 1. The van der Waals surface area contributed by atoms with Gasteiger partial charge in [-0.2, -0.15) is 10.4 Å². The highest BCUT2D eigenvalue weighted by Crippen LogP contribution is 2.47. The molecule has 4 rings (SSSR count). The van der Waals surface area contributed by atoms with E-state index < -0.39 is 0 Å². The summed E-state index contributed by atoms with van der Waals surface area (Å²) in [5.74, 6) is 0.0769. The van der Waals surface area contributed by atoms with Gasteiger partial charge in [0.1, 0.15) is 23.3 Å². The third-order valence-electron chi connectivity index (χ3n) is 5.47. The first kappa shape index (κ1) is 20.9. The van der Waals surface area contributed by atoms with Crippen molar-refractivity contribution >= 4 is 23.3 Å². The molecule has 1 fully saturated rings. The zero-order valence-electron chi connectivity index (χ0n) is 16.7. The Morgan fingerprint density at radius 2 is 2.10 bits per heavy atom. The normalized spacial score (nSPS) is 17.2. The highest BCUT2D eigenvalue weighted by Gasteiger charge is 2.43. The second-order valence-electron chi connectivity index (χ2n) is 7.61. The van der Waals surface area contributed by atoms with Gasteiger partial charge in [0.2, 0.25) is 5.91 Å². The number of carbonyl (C=O) groups excluding carboxylic acids is 1. The Morgan fingerprint density at radius 3 is 2.81 bits per heavy atom. The van der Waals surface area contributed by atoms with Gasteiger partial charge in [-0.3, -0.25) is 4.79 Å². The lowest BCUT2D eigenvalue weighted by atomic mass is 10.1. The van der Waals surface area contributed by atoms with E-state index in [2.05, 4.69) is 16.5 Å². The molecule has 0 saturated heterocycles. The topological polar surface area (TPSA) is 96.7 Å². The molecule has 6 nitrogen and oxygen atoms in total. The summed E-state index contributed by atoms with van der Waals surface area (Å²) in [6.45, 7) is 0.478. The second-order valence-corrected chi connectivity index (χ2v) is 8.04. The molecule has 0 spiro atoms. The first-order valence-corrected chi connectivity index (χ1v) is 10.4. The Kier molecular flexibility index (Phi) is 5.92. The van der Waals surface area contributed by atoms with E-state index in [4.69, 9.17) is 17.3 Å². The summed E-state index contributed by atoms with van der Waals surface area (Å²) in [6, 6.07) is 15.4. The monoisotopic (exact) mass is 437 g/mol. The number of aryl methyl sites for hydroxylation is 1. The molecule has 31 heavy (non-hydrogen) atoms. The van der Waals surface area contributed by atoms with Crippen LogP contribution in [0.5, 0.6) is 0 Å². The molecule has 3 aromatic rings. The SMILES string of the molecule is N#Cc1c(CCCNC(=O)C2CC2c2cccc(Cl)c2)nn(-c2ccc(F)cc2)c1N. The van der Waals surface area contributed by atoms with Crippen LogP contribution in [0.3, 0.4) is 0 Å². The summed E-state index contributed by atoms with van der Waals surface area (Å²) in [5.41, 5.74) is 8.60. The van der Waals surface area contributed by atoms with Crippen molar-refractivity contribution in [2.45, 2.75) is 25.2 Å². The number of hydrogen-bond donors (Lipinski definition) is 2. The van der Waals surface area contributed by atoms with E-state index in [9.17, 15) is 14.4 Å². The molecule has 158 valence electrons. The van der Waals surface area contributed by atoms with E-state index in [0.29, 0.717) is 41.4 Å². The van der Waals surface area contributed by atoms with Gasteiger partial charge in [0.25, 0.3) is 0 Å². The number of carbonyl (C=O) groups is 1. The second kappa shape index (κ2) is 8.78. The summed E-state index contributed by atoms with van der Waals surface area (Å²) in [5, 5.41) is 17.5. The molecule has 1 heterocycles. The lowest BCUT2D eigenvalue weighted by Gasteiger charge is -2.05. The number of nitrogens with zero attached hydrogens (tertiary/aromatic N) is 3. The molecule has 3 N–H and O–H groups in total. The van der Waals surface area contributed by atoms with Gasteiger partial charge in [-0.15, -0.1) is 0 Å². The van der Waals surface area contributed by atoms with Gasteiger partial charge in [-0.05, 0) is 67.1 Å². The van der Waals surface area contributed by atoms with Crippen molar-refractivity contribution in [2.75, 3.05) is 12.3 Å². The number of hydrogen-bond acceptors (Lipinski definition) is 4. The maximum Gasteiger partial charge on any atom is 0.223 e. The quantitative estimate of drug-likeness (QED) is 0.546. The minimum Gasteiger partial charge on any atom is -0.382 e. The molecule has 2 atom stereocenters. The number of rotatable bonds is 7. The number of nitrogen functional groups attached to an aromatic ring is 1. The van der Waals surface area contributed by atoms with Crippen LogP contribution in [0.4, 0.5) is 10.2 Å². The van der Waals surface area contributed by atoms with Crippen molar-refractivity contribution < 1.29 is 9.18 Å². The Labute approximate surface area is 184 Å². The number of aromatic nitrogens is 2. The van der Waals surface area contributed by atoms with Crippen LogP contribution < -0.4 is 11.1 Å². The van der Waals surface area contributed by atoms with Crippen LogP contribution in [-0.4, -0.2) is 22.2 Å². The fourth-order valence-corrected chi connectivity index (χ4v) is 3.94. The average molecular weight is 438 g/mol. The van der Waals surface area contributed by atoms with Gasteiger partial charge < -0.3 is 11.1 Å². The number of anilines is 1. The number of amides is 1. The van der Waals surface area contributed by atoms with E-state index >= 15 is 0 Å². The zero-order valence-corrected chi connectivity index (χ0v) is 17.4. The lowest BCUT2D eigenvalue weighted by Crippen LogP contribution is -2.26. The summed E-state index contributed by atoms with van der Waals surface area (Å²) in [6.07, 6.45) is 1.93. The average Bonchev–Trinajstić information content (AvgIpc) is 3.50. The van der Waals surface area contributed by atoms with Crippen molar-refractivity contribution in [3.8, 4) is 11.8 Å². The van der Waals surface area contributed by atoms with E-state index in [1.54, 1.807) is 12.1 Å². The third kappa shape index (κ3) is 4.54. The first-order chi connectivity index (χ1) is 15.0. The van der Waals surface area contributed by atoms with Gasteiger partial charge in [0.15, 0.2) is 0 Å². The smallest absolute Gasteiger partial charge is 0.223 e. The van der Waals surface area contributed by atoms with Crippen molar-refractivity contribution in [1.29, 1.82) is 5.26 Å². The fourth-order valence-electron chi connectivity index (χ4n) is 3.74. The number of nitrogens with two attached hydrogens (primary N) is 1. The molecule has 1 aromatic heterocycles. The minimum absolute atomic E-state index is 0.0264. The predicted octanol–water partition coefficient (Wildman–Crippen LogP) is 3.97. The van der Waals surface area contributed by atoms with Crippen LogP contribution in [0, 0.1) is 23.1 Å². The van der Waals surface area contributed by atoms with Gasteiger partial charge in [-0.1, -0.05) is 23.7 Å². The van der Waals surface area contributed by atoms with Crippen LogP contribution in [-0.2, 0) is 11.2 Å². The van der Waals surface area contributed by atoms with E-state index in [-0.39, 0.29) is 29.4 Å². The maximum absolute atomic E-state index is 13.2. The van der Waals surface area contributed by atoms with E-state index in [1.807, 2.05) is 24.3 Å². The van der Waals surface area contributed by atoms with Crippen LogP contribution in [0.2, 0.25) is 5.02 Å². The van der Waals surface area contributed by atoms with Gasteiger partial charge in [0.05, 0.1) is 11.4 Å². The molecule has 8 heteroatoms. The molecule has 0 bridgehead atoms. The van der Waals surface area contributed by atoms with Gasteiger partial charge >= 0.3 is 0 Å². The molecule has 2 aromatic carbocycles. The molecule has 1 aliphatic carbocycles. The number of halogens is 2. The summed E-state index contributed by atoms with van der Waals surface area (Å²) in [7, 11) is 0. The molecule has 1 aliphatic rings. The first-order valence-electron chi connectivity index (χ1n) is 10.0. The fraction of sp³-hybridized carbons (Fsp3) is 0.261. The van der Waals surface area contributed by atoms with Crippen molar-refractivity contribution in [3.05, 3.63) is 76.2 Å². The molecule has 0 radical (unpaired) electrons. The maximum atomic E-state index is 13.2. The molecule has 1 saturated carbocycles. The highest BCUT2D eigenvalue weighted by atomic mass is 35.5. The Bertz CT molecular complexity index is 1150. The predicted molar refractivity (Wildman–Crippen MR) is 116 cm³/mol. The Morgan fingerprint density at radius 1 is 1.32 bits per heavy atom. The van der Waals surface area contributed by atoms with Crippen LogP contribution >= 0.6 is 11.6 Å². The van der Waals surface area contributed by atoms with Gasteiger partial charge in [0, 0.05) is 17.5 Å². The van der Waals surface area contributed by atoms with Gasteiger partial charge in [-0.25, -0.2) is 9.07 Å². The van der Waals surface area contributed by atoms with E-state index in [1.165, 1.54) is 16.8 Å². The molecular formula is C23H21ClFN5O. The highest BCUT2D eigenvalue weighted by molar-refractivity contribution is 6.30.